The van der Waals surface area contributed by atoms with Gasteiger partial charge in [0.25, 0.3) is 0 Å². The van der Waals surface area contributed by atoms with Gasteiger partial charge in [0, 0.05) is 12.1 Å². The molecule has 3 N–H and O–H groups in total. The van der Waals surface area contributed by atoms with Crippen LogP contribution in [0.15, 0.2) is 24.5 Å². The third-order valence-electron chi connectivity index (χ3n) is 3.64. The zero-order valence-corrected chi connectivity index (χ0v) is 10.8. The molecule has 1 aliphatic heterocycles. The molecule has 5 nitrogen and oxygen atoms in total. The van der Waals surface area contributed by atoms with Crippen molar-refractivity contribution in [2.45, 2.75) is 19.3 Å². The van der Waals surface area contributed by atoms with Gasteiger partial charge in [-0.15, -0.1) is 0 Å². The minimum atomic E-state index is 0.103. The molecule has 19 heavy (non-hydrogen) atoms. The Morgan fingerprint density at radius 2 is 2.21 bits per heavy atom. The van der Waals surface area contributed by atoms with Crippen LogP contribution in [0.1, 0.15) is 19.3 Å². The summed E-state index contributed by atoms with van der Waals surface area (Å²) in [5.74, 6) is 0.614. The molecule has 0 saturated carbocycles. The molecule has 5 heteroatoms. The highest BCUT2D eigenvalue weighted by Gasteiger charge is 2.16. The third kappa shape index (κ3) is 2.93. The van der Waals surface area contributed by atoms with E-state index in [1.54, 1.807) is 6.33 Å². The monoisotopic (exact) mass is 258 g/mol. The predicted molar refractivity (Wildman–Crippen MR) is 74.9 cm³/mol. The second kappa shape index (κ2) is 5.40. The normalized spacial score (nSPS) is 16.6. The summed E-state index contributed by atoms with van der Waals surface area (Å²) in [5.41, 5.74) is 2.69. The van der Waals surface area contributed by atoms with E-state index in [-0.39, 0.29) is 5.91 Å². The number of carbonyl (C=O) groups excluding carboxylic acids is 1. The van der Waals surface area contributed by atoms with Crippen LogP contribution in [0.4, 0.5) is 5.69 Å². The second-order valence-corrected chi connectivity index (χ2v) is 5.08. The first-order valence-electron chi connectivity index (χ1n) is 6.75. The minimum Gasteiger partial charge on any atom is -0.345 e. The average Bonchev–Trinajstić information content (AvgIpc) is 2.87. The van der Waals surface area contributed by atoms with Crippen LogP contribution in [0, 0.1) is 5.92 Å². The molecule has 1 aromatic carbocycles. The topological polar surface area (TPSA) is 69.8 Å². The maximum atomic E-state index is 12.0. The molecule has 0 bridgehead atoms. The quantitative estimate of drug-likeness (QED) is 0.787. The fourth-order valence-electron chi connectivity index (χ4n) is 2.57. The van der Waals surface area contributed by atoms with Crippen molar-refractivity contribution in [1.29, 1.82) is 0 Å². The van der Waals surface area contributed by atoms with Crippen LogP contribution in [0.3, 0.4) is 0 Å². The largest absolute Gasteiger partial charge is 0.345 e. The molecule has 2 aromatic rings. The summed E-state index contributed by atoms with van der Waals surface area (Å²) < 4.78 is 0. The summed E-state index contributed by atoms with van der Waals surface area (Å²) >= 11 is 0. The van der Waals surface area contributed by atoms with Crippen molar-refractivity contribution < 1.29 is 4.79 Å². The molecule has 0 aliphatic carbocycles. The van der Waals surface area contributed by atoms with Crippen molar-refractivity contribution in [3.63, 3.8) is 0 Å². The van der Waals surface area contributed by atoms with Gasteiger partial charge in [0.15, 0.2) is 0 Å². The van der Waals surface area contributed by atoms with Gasteiger partial charge in [-0.3, -0.25) is 4.79 Å². The van der Waals surface area contributed by atoms with Gasteiger partial charge >= 0.3 is 0 Å². The molecular formula is C14H18N4O. The van der Waals surface area contributed by atoms with Crippen LogP contribution in [-0.2, 0) is 4.79 Å². The van der Waals surface area contributed by atoms with Gasteiger partial charge in [0.05, 0.1) is 17.4 Å². The van der Waals surface area contributed by atoms with Gasteiger partial charge in [-0.25, -0.2) is 4.98 Å². The lowest BCUT2D eigenvalue weighted by Gasteiger charge is -2.21. The zero-order valence-electron chi connectivity index (χ0n) is 10.8. The lowest BCUT2D eigenvalue weighted by molar-refractivity contribution is -0.117. The van der Waals surface area contributed by atoms with E-state index in [2.05, 4.69) is 20.6 Å². The van der Waals surface area contributed by atoms with Crippen LogP contribution >= 0.6 is 0 Å². The summed E-state index contributed by atoms with van der Waals surface area (Å²) in [6.45, 7) is 2.05. The van der Waals surface area contributed by atoms with Crippen LogP contribution < -0.4 is 10.6 Å². The molecule has 1 amide bonds. The van der Waals surface area contributed by atoms with Crippen molar-refractivity contribution >= 4 is 22.6 Å². The van der Waals surface area contributed by atoms with Crippen molar-refractivity contribution in [3.05, 3.63) is 24.5 Å². The number of imidazole rings is 1. The molecule has 1 saturated heterocycles. The van der Waals surface area contributed by atoms with E-state index >= 15 is 0 Å². The minimum absolute atomic E-state index is 0.103. The Morgan fingerprint density at radius 1 is 1.37 bits per heavy atom. The molecule has 0 radical (unpaired) electrons. The first-order valence-corrected chi connectivity index (χ1v) is 6.75. The average molecular weight is 258 g/mol. The van der Waals surface area contributed by atoms with Crippen LogP contribution in [0.5, 0.6) is 0 Å². The van der Waals surface area contributed by atoms with Crippen LogP contribution in [-0.4, -0.2) is 29.0 Å². The standard InChI is InChI=1S/C14H18N4O/c19-14(7-10-3-5-15-6-4-10)18-11-1-2-12-13(8-11)17-9-16-12/h1-2,8-10,15H,3-7H2,(H,16,17)(H,18,19). The number of piperidine rings is 1. The number of anilines is 1. The number of hydrogen-bond acceptors (Lipinski definition) is 3. The van der Waals surface area contributed by atoms with Crippen LogP contribution in [0.25, 0.3) is 11.0 Å². The van der Waals surface area contributed by atoms with E-state index < -0.39 is 0 Å². The number of aromatic nitrogens is 2. The number of hydrogen-bond donors (Lipinski definition) is 3. The van der Waals surface area contributed by atoms with Gasteiger partial charge < -0.3 is 15.6 Å². The zero-order chi connectivity index (χ0) is 13.1. The molecular weight excluding hydrogens is 240 g/mol. The predicted octanol–water partition coefficient (Wildman–Crippen LogP) is 1.89. The maximum Gasteiger partial charge on any atom is 0.224 e. The molecule has 100 valence electrons. The Kier molecular flexibility index (Phi) is 3.46. The summed E-state index contributed by atoms with van der Waals surface area (Å²) in [6, 6.07) is 5.72. The van der Waals surface area contributed by atoms with Crippen molar-refractivity contribution in [2.75, 3.05) is 18.4 Å². The van der Waals surface area contributed by atoms with E-state index in [0.717, 1.165) is 42.7 Å². The number of fused-ring (bicyclic) bond motifs is 1. The fourth-order valence-corrected chi connectivity index (χ4v) is 2.57. The number of aromatic amines is 1. The Labute approximate surface area is 111 Å². The maximum absolute atomic E-state index is 12.0. The lowest BCUT2D eigenvalue weighted by Crippen LogP contribution is -2.30. The van der Waals surface area contributed by atoms with E-state index in [9.17, 15) is 4.79 Å². The molecule has 0 spiro atoms. The highest BCUT2D eigenvalue weighted by atomic mass is 16.1. The SMILES string of the molecule is O=C(CC1CCNCC1)Nc1ccc2nc[nH]c2c1. The van der Waals surface area contributed by atoms with Gasteiger partial charge in [0.2, 0.25) is 5.91 Å². The Morgan fingerprint density at radius 3 is 3.05 bits per heavy atom. The Balaban J connectivity index is 1.61. The van der Waals surface area contributed by atoms with Gasteiger partial charge in [-0.05, 0) is 50.0 Å². The van der Waals surface area contributed by atoms with E-state index in [4.69, 9.17) is 0 Å². The number of nitrogens with one attached hydrogen (secondary N) is 3. The number of H-pyrrole nitrogens is 1. The molecule has 3 rings (SSSR count). The van der Waals surface area contributed by atoms with Gasteiger partial charge in [-0.1, -0.05) is 0 Å². The fraction of sp³-hybridized carbons (Fsp3) is 0.429. The number of benzene rings is 1. The highest BCUT2D eigenvalue weighted by Crippen LogP contribution is 2.19. The van der Waals surface area contributed by atoms with Gasteiger partial charge in [-0.2, -0.15) is 0 Å². The Bertz CT molecular complexity index is 572. The molecule has 1 fully saturated rings. The van der Waals surface area contributed by atoms with Crippen molar-refractivity contribution in [3.8, 4) is 0 Å². The van der Waals surface area contributed by atoms with E-state index in [1.807, 2.05) is 18.2 Å². The van der Waals surface area contributed by atoms with Crippen LogP contribution in [0.2, 0.25) is 0 Å². The van der Waals surface area contributed by atoms with E-state index in [0.29, 0.717) is 12.3 Å². The number of carbonyl (C=O) groups is 1. The first kappa shape index (κ1) is 12.2. The number of nitrogens with zero attached hydrogens (tertiary/aromatic N) is 1. The summed E-state index contributed by atoms with van der Waals surface area (Å²) in [5, 5.41) is 6.28. The molecule has 1 aliphatic rings. The lowest BCUT2D eigenvalue weighted by atomic mass is 9.94. The molecule has 2 heterocycles. The number of amides is 1. The number of rotatable bonds is 3. The first-order chi connectivity index (χ1) is 9.31. The van der Waals surface area contributed by atoms with Crippen molar-refractivity contribution in [2.24, 2.45) is 5.92 Å². The molecule has 0 unspecified atom stereocenters. The summed E-state index contributed by atoms with van der Waals surface area (Å²) in [6.07, 6.45) is 4.45. The summed E-state index contributed by atoms with van der Waals surface area (Å²) in [7, 11) is 0. The second-order valence-electron chi connectivity index (χ2n) is 5.08. The third-order valence-corrected chi connectivity index (χ3v) is 3.64. The highest BCUT2D eigenvalue weighted by molar-refractivity contribution is 5.93. The van der Waals surface area contributed by atoms with E-state index in [1.165, 1.54) is 0 Å². The molecule has 1 aromatic heterocycles. The Hall–Kier alpha value is -1.88. The smallest absolute Gasteiger partial charge is 0.224 e. The van der Waals surface area contributed by atoms with Gasteiger partial charge in [0.1, 0.15) is 0 Å². The summed E-state index contributed by atoms with van der Waals surface area (Å²) in [4.78, 5) is 19.2. The van der Waals surface area contributed by atoms with Crippen molar-refractivity contribution in [1.82, 2.24) is 15.3 Å². The molecule has 0 atom stereocenters.